The van der Waals surface area contributed by atoms with E-state index in [9.17, 15) is 24.8 Å². The van der Waals surface area contributed by atoms with Crippen LogP contribution in [0.4, 0.5) is 5.69 Å². The summed E-state index contributed by atoms with van der Waals surface area (Å²) < 4.78 is 20.4. The first-order chi connectivity index (χ1) is 17.2. The number of methoxy groups -OCH3 is 4. The van der Waals surface area contributed by atoms with E-state index < -0.39 is 29.5 Å². The van der Waals surface area contributed by atoms with Crippen molar-refractivity contribution in [3.8, 4) is 17.6 Å². The van der Waals surface area contributed by atoms with Gasteiger partial charge in [-0.1, -0.05) is 30.3 Å². The summed E-state index contributed by atoms with van der Waals surface area (Å²) in [6.07, 6.45) is 0. The van der Waals surface area contributed by atoms with Crippen molar-refractivity contribution in [2.24, 2.45) is 5.73 Å². The number of esters is 2. The van der Waals surface area contributed by atoms with Crippen LogP contribution in [0.3, 0.4) is 0 Å². The molecule has 0 aliphatic carbocycles. The second-order valence-electron chi connectivity index (χ2n) is 7.36. The molecule has 186 valence electrons. The van der Waals surface area contributed by atoms with Gasteiger partial charge in [0.2, 0.25) is 0 Å². The van der Waals surface area contributed by atoms with Gasteiger partial charge in [-0.25, -0.2) is 14.4 Å². The number of carboxylic acid groups (broad SMARTS) is 1. The summed E-state index contributed by atoms with van der Waals surface area (Å²) in [7, 11) is 4.86. The van der Waals surface area contributed by atoms with Crippen LogP contribution in [0.2, 0.25) is 0 Å². The lowest BCUT2D eigenvalue weighted by Gasteiger charge is -2.36. The smallest absolute Gasteiger partial charge is 0.355 e. The zero-order valence-corrected chi connectivity index (χ0v) is 19.9. The average Bonchev–Trinajstić information content (AvgIpc) is 2.90. The second kappa shape index (κ2) is 10.5. The maximum Gasteiger partial charge on any atom is 0.355 e. The van der Waals surface area contributed by atoms with E-state index in [2.05, 4.69) is 0 Å². The predicted molar refractivity (Wildman–Crippen MR) is 126 cm³/mol. The Bertz CT molecular complexity index is 1320. The first-order valence-corrected chi connectivity index (χ1v) is 10.4. The molecule has 0 aromatic heterocycles. The molecule has 1 atom stereocenters. The third kappa shape index (κ3) is 4.27. The third-order valence-corrected chi connectivity index (χ3v) is 5.58. The number of benzene rings is 2. The van der Waals surface area contributed by atoms with Gasteiger partial charge in [0.15, 0.2) is 11.5 Å². The standard InChI is InChI=1S/C25H23N3O8/c1-33-17-10-14(23(29)30)16(11-18(17)34-2)28-21(25(32)36-4)20(24(31)35-3)19(15(12-26)22(28)27)13-8-6-5-7-9-13/h5-11,19H,27H2,1-4H3,(H,29,30). The van der Waals surface area contributed by atoms with Gasteiger partial charge in [0.25, 0.3) is 0 Å². The van der Waals surface area contributed by atoms with Gasteiger partial charge in [-0.2, -0.15) is 5.26 Å². The molecule has 36 heavy (non-hydrogen) atoms. The fourth-order valence-electron chi connectivity index (χ4n) is 3.99. The number of carbonyl (C=O) groups excluding carboxylic acids is 2. The van der Waals surface area contributed by atoms with Crippen LogP contribution in [0.25, 0.3) is 0 Å². The molecule has 0 amide bonds. The number of carboxylic acids is 1. The highest BCUT2D eigenvalue weighted by molar-refractivity contribution is 6.08. The number of nitrogens with two attached hydrogens (primary N) is 1. The highest BCUT2D eigenvalue weighted by Crippen LogP contribution is 2.45. The van der Waals surface area contributed by atoms with Gasteiger partial charge in [0.1, 0.15) is 11.5 Å². The fraction of sp³-hybridized carbons (Fsp3) is 0.200. The topological polar surface area (TPSA) is 161 Å². The maximum atomic E-state index is 13.2. The largest absolute Gasteiger partial charge is 0.493 e. The number of rotatable bonds is 7. The Morgan fingerprint density at radius 3 is 2.06 bits per heavy atom. The van der Waals surface area contributed by atoms with Crippen molar-refractivity contribution in [1.29, 1.82) is 5.26 Å². The number of carbonyl (C=O) groups is 3. The number of aromatic carboxylic acids is 1. The van der Waals surface area contributed by atoms with E-state index in [1.165, 1.54) is 26.4 Å². The second-order valence-corrected chi connectivity index (χ2v) is 7.36. The Morgan fingerprint density at radius 2 is 1.56 bits per heavy atom. The van der Waals surface area contributed by atoms with E-state index in [0.29, 0.717) is 5.56 Å². The van der Waals surface area contributed by atoms with Gasteiger partial charge in [-0.15, -0.1) is 0 Å². The minimum atomic E-state index is -1.40. The minimum absolute atomic E-state index is 0.0951. The molecular weight excluding hydrogens is 470 g/mol. The van der Waals surface area contributed by atoms with Gasteiger partial charge < -0.3 is 29.8 Å². The van der Waals surface area contributed by atoms with E-state index >= 15 is 0 Å². The minimum Gasteiger partial charge on any atom is -0.493 e. The van der Waals surface area contributed by atoms with Gasteiger partial charge in [0, 0.05) is 12.1 Å². The summed E-state index contributed by atoms with van der Waals surface area (Å²) in [6, 6.07) is 12.9. The zero-order chi connectivity index (χ0) is 26.6. The Labute approximate surface area is 206 Å². The van der Waals surface area contributed by atoms with Crippen LogP contribution >= 0.6 is 0 Å². The Kier molecular flexibility index (Phi) is 7.49. The van der Waals surface area contributed by atoms with Gasteiger partial charge >= 0.3 is 17.9 Å². The monoisotopic (exact) mass is 493 g/mol. The summed E-state index contributed by atoms with van der Waals surface area (Å²) in [5.41, 5.74) is 5.61. The van der Waals surface area contributed by atoms with Crippen LogP contribution in [0.15, 0.2) is 65.1 Å². The van der Waals surface area contributed by atoms with E-state index in [-0.39, 0.29) is 39.7 Å². The summed E-state index contributed by atoms with van der Waals surface area (Å²) in [4.78, 5) is 39.5. The van der Waals surface area contributed by atoms with E-state index in [4.69, 9.17) is 24.7 Å². The Balaban J connectivity index is 2.52. The molecule has 2 aromatic rings. The van der Waals surface area contributed by atoms with Crippen LogP contribution < -0.4 is 20.1 Å². The molecule has 3 N–H and O–H groups in total. The summed E-state index contributed by atoms with van der Waals surface area (Å²) in [5.74, 6) is -4.52. The lowest BCUT2D eigenvalue weighted by molar-refractivity contribution is -0.139. The van der Waals surface area contributed by atoms with Crippen molar-refractivity contribution < 1.29 is 38.4 Å². The number of hydrogen-bond acceptors (Lipinski definition) is 10. The number of ether oxygens (including phenoxy) is 4. The normalized spacial score (nSPS) is 15.2. The van der Waals surface area contributed by atoms with Gasteiger partial charge in [-0.3, -0.25) is 4.90 Å². The SMILES string of the molecule is COC(=O)C1=C(C(=O)OC)N(c2cc(OC)c(OC)cc2C(=O)O)C(N)=C(C#N)C1c1ccccc1. The van der Waals surface area contributed by atoms with E-state index in [1.54, 1.807) is 30.3 Å². The summed E-state index contributed by atoms with van der Waals surface area (Å²) in [6.45, 7) is 0. The predicted octanol–water partition coefficient (Wildman–Crippen LogP) is 2.30. The van der Waals surface area contributed by atoms with Crippen LogP contribution in [-0.4, -0.2) is 51.5 Å². The van der Waals surface area contributed by atoms with Crippen molar-refractivity contribution in [2.45, 2.75) is 5.92 Å². The van der Waals surface area contributed by atoms with Crippen LogP contribution in [0.5, 0.6) is 11.5 Å². The molecule has 11 heteroatoms. The number of hydrogen-bond donors (Lipinski definition) is 2. The van der Waals surface area contributed by atoms with Crippen molar-refractivity contribution in [3.05, 3.63) is 76.3 Å². The number of nitrogens with zero attached hydrogens (tertiary/aromatic N) is 2. The summed E-state index contributed by atoms with van der Waals surface area (Å²) >= 11 is 0. The van der Waals surface area contributed by atoms with Crippen LogP contribution in [-0.2, 0) is 19.1 Å². The first-order valence-electron chi connectivity index (χ1n) is 10.4. The molecule has 0 saturated heterocycles. The lowest BCUT2D eigenvalue weighted by atomic mass is 9.80. The van der Waals surface area contributed by atoms with E-state index in [0.717, 1.165) is 19.1 Å². The Hall–Kier alpha value is -4.98. The molecular formula is C25H23N3O8. The van der Waals surface area contributed by atoms with Crippen LogP contribution in [0, 0.1) is 11.3 Å². The van der Waals surface area contributed by atoms with Crippen molar-refractivity contribution >= 4 is 23.6 Å². The number of anilines is 1. The molecule has 11 nitrogen and oxygen atoms in total. The average molecular weight is 493 g/mol. The molecule has 0 bridgehead atoms. The Morgan fingerprint density at radius 1 is 0.972 bits per heavy atom. The molecule has 1 heterocycles. The summed E-state index contributed by atoms with van der Waals surface area (Å²) in [5, 5.41) is 20.1. The van der Waals surface area contributed by atoms with Crippen LogP contribution in [0.1, 0.15) is 21.8 Å². The first kappa shape index (κ1) is 25.6. The molecule has 1 unspecified atom stereocenters. The molecule has 1 aliphatic rings. The molecule has 0 radical (unpaired) electrons. The maximum absolute atomic E-state index is 13.2. The molecule has 0 fully saturated rings. The molecule has 1 aliphatic heterocycles. The fourth-order valence-corrected chi connectivity index (χ4v) is 3.99. The van der Waals surface area contributed by atoms with Gasteiger partial charge in [0.05, 0.1) is 62.8 Å². The number of nitriles is 1. The molecule has 2 aromatic carbocycles. The molecule has 0 saturated carbocycles. The van der Waals surface area contributed by atoms with Crippen molar-refractivity contribution in [1.82, 2.24) is 0 Å². The molecule has 0 spiro atoms. The molecule has 3 rings (SSSR count). The zero-order valence-electron chi connectivity index (χ0n) is 19.9. The van der Waals surface area contributed by atoms with Crippen molar-refractivity contribution in [2.75, 3.05) is 33.3 Å². The highest BCUT2D eigenvalue weighted by Gasteiger charge is 2.44. The quantitative estimate of drug-likeness (QED) is 0.544. The van der Waals surface area contributed by atoms with Crippen molar-refractivity contribution in [3.63, 3.8) is 0 Å². The van der Waals surface area contributed by atoms with E-state index in [1.807, 2.05) is 6.07 Å². The highest BCUT2D eigenvalue weighted by atomic mass is 16.5. The third-order valence-electron chi connectivity index (χ3n) is 5.58. The number of allylic oxidation sites excluding steroid dienone is 1. The lowest BCUT2D eigenvalue weighted by Crippen LogP contribution is -2.41. The van der Waals surface area contributed by atoms with Gasteiger partial charge in [-0.05, 0) is 5.56 Å².